The smallest absolute Gasteiger partial charge is 0.244 e. The van der Waals surface area contributed by atoms with E-state index in [-0.39, 0.29) is 24.6 Å². The van der Waals surface area contributed by atoms with E-state index in [0.29, 0.717) is 0 Å². The second-order valence-electron chi connectivity index (χ2n) is 2.98. The van der Waals surface area contributed by atoms with Crippen LogP contribution in [0.15, 0.2) is 9.37 Å². The van der Waals surface area contributed by atoms with E-state index in [9.17, 15) is 8.42 Å². The Morgan fingerprint density at radius 3 is 2.41 bits per heavy atom. The summed E-state index contributed by atoms with van der Waals surface area (Å²) in [5, 5.41) is 17.6. The second kappa shape index (κ2) is 6.16. The van der Waals surface area contributed by atoms with Gasteiger partial charge >= 0.3 is 0 Å². The summed E-state index contributed by atoms with van der Waals surface area (Å²) < 4.78 is 26.2. The third-order valence-electron chi connectivity index (χ3n) is 1.72. The van der Waals surface area contributed by atoms with E-state index in [0.717, 1.165) is 11.3 Å². The van der Waals surface area contributed by atoms with Gasteiger partial charge in [0, 0.05) is 6.54 Å². The quantitative estimate of drug-likeness (QED) is 0.717. The molecule has 0 amide bonds. The highest BCUT2D eigenvalue weighted by Crippen LogP contribution is 2.42. The van der Waals surface area contributed by atoms with Crippen LogP contribution in [0.1, 0.15) is 0 Å². The molecule has 0 saturated carbocycles. The maximum absolute atomic E-state index is 11.8. The van der Waals surface area contributed by atoms with Gasteiger partial charge in [0.1, 0.15) is 13.6 Å². The fraction of sp³-hybridized carbons (Fsp3) is 0.429. The fourth-order valence-electron chi connectivity index (χ4n) is 0.912. The van der Waals surface area contributed by atoms with Crippen molar-refractivity contribution in [3.8, 4) is 0 Å². The minimum Gasteiger partial charge on any atom is -0.394 e. The Bertz CT molecular complexity index is 504. The van der Waals surface area contributed by atoms with Crippen molar-refractivity contribution in [1.29, 1.82) is 0 Å². The molecule has 10 heteroatoms. The van der Waals surface area contributed by atoms with Gasteiger partial charge in [0.05, 0.1) is 17.2 Å². The van der Waals surface area contributed by atoms with E-state index >= 15 is 0 Å². The molecular formula is C7H8BrCl2NO4S2. The van der Waals surface area contributed by atoms with Gasteiger partial charge in [-0.05, 0) is 15.9 Å². The molecule has 1 heterocycles. The lowest BCUT2D eigenvalue weighted by atomic mass is 10.4. The summed E-state index contributed by atoms with van der Waals surface area (Å²) in [5.41, 5.74) is 0. The van der Waals surface area contributed by atoms with Crippen molar-refractivity contribution in [1.82, 2.24) is 4.72 Å². The van der Waals surface area contributed by atoms with Crippen molar-refractivity contribution in [2.45, 2.75) is 11.0 Å². The molecule has 3 N–H and O–H groups in total. The van der Waals surface area contributed by atoms with Gasteiger partial charge in [-0.3, -0.25) is 0 Å². The zero-order chi connectivity index (χ0) is 13.2. The molecule has 98 valence electrons. The molecule has 1 rings (SSSR count). The Kier molecular flexibility index (Phi) is 5.67. The van der Waals surface area contributed by atoms with E-state index in [4.69, 9.17) is 33.4 Å². The van der Waals surface area contributed by atoms with Gasteiger partial charge in [0.25, 0.3) is 0 Å². The van der Waals surface area contributed by atoms with Crippen LogP contribution in [0.2, 0.25) is 8.67 Å². The molecule has 0 aliphatic carbocycles. The van der Waals surface area contributed by atoms with Gasteiger partial charge < -0.3 is 10.2 Å². The second-order valence-corrected chi connectivity index (χ2v) is 7.70. The van der Waals surface area contributed by atoms with E-state index in [1.54, 1.807) is 0 Å². The minimum absolute atomic E-state index is 0.0212. The van der Waals surface area contributed by atoms with Gasteiger partial charge in [-0.15, -0.1) is 11.3 Å². The molecule has 5 nitrogen and oxygen atoms in total. The van der Waals surface area contributed by atoms with Crippen molar-refractivity contribution in [2.24, 2.45) is 0 Å². The molecule has 1 atom stereocenters. The van der Waals surface area contributed by atoms with Gasteiger partial charge in [-0.2, -0.15) is 0 Å². The largest absolute Gasteiger partial charge is 0.394 e. The highest BCUT2D eigenvalue weighted by atomic mass is 79.9. The monoisotopic (exact) mass is 383 g/mol. The number of hydrogen-bond donors (Lipinski definition) is 3. The lowest BCUT2D eigenvalue weighted by Crippen LogP contribution is -2.34. The predicted molar refractivity (Wildman–Crippen MR) is 70.3 cm³/mol. The first-order chi connectivity index (χ1) is 7.79. The molecule has 0 spiro atoms. The topological polar surface area (TPSA) is 86.6 Å². The Hall–Kier alpha value is 0.590. The summed E-state index contributed by atoms with van der Waals surface area (Å²) in [5.74, 6) is 0. The maximum Gasteiger partial charge on any atom is 0.244 e. The van der Waals surface area contributed by atoms with Gasteiger partial charge in [-0.1, -0.05) is 23.2 Å². The Balaban J connectivity index is 2.98. The highest BCUT2D eigenvalue weighted by molar-refractivity contribution is 9.10. The van der Waals surface area contributed by atoms with Crippen molar-refractivity contribution in [3.63, 3.8) is 0 Å². The normalized spacial score (nSPS) is 13.9. The molecule has 0 saturated heterocycles. The Labute approximate surface area is 121 Å². The summed E-state index contributed by atoms with van der Waals surface area (Å²) in [6.45, 7) is -0.850. The highest BCUT2D eigenvalue weighted by Gasteiger charge is 2.26. The average Bonchev–Trinajstić information content (AvgIpc) is 2.50. The van der Waals surface area contributed by atoms with Gasteiger partial charge in [-0.25, -0.2) is 13.1 Å². The van der Waals surface area contributed by atoms with Gasteiger partial charge in [0.2, 0.25) is 10.0 Å². The Morgan fingerprint density at radius 2 is 2.00 bits per heavy atom. The number of aliphatic hydroxyl groups excluding tert-OH is 2. The molecule has 0 aliphatic rings. The van der Waals surface area contributed by atoms with E-state index in [2.05, 4.69) is 20.7 Å². The molecule has 0 fully saturated rings. The van der Waals surface area contributed by atoms with Crippen molar-refractivity contribution in [2.75, 3.05) is 13.2 Å². The lowest BCUT2D eigenvalue weighted by Gasteiger charge is -2.09. The maximum atomic E-state index is 11.8. The van der Waals surface area contributed by atoms with Crippen LogP contribution in [0.5, 0.6) is 0 Å². The lowest BCUT2D eigenvalue weighted by molar-refractivity contribution is 0.0988. The average molecular weight is 385 g/mol. The molecular weight excluding hydrogens is 377 g/mol. The summed E-state index contributed by atoms with van der Waals surface area (Å²) in [6.07, 6.45) is -1.17. The van der Waals surface area contributed by atoms with Crippen molar-refractivity contribution < 1.29 is 18.6 Å². The van der Waals surface area contributed by atoms with Crippen molar-refractivity contribution >= 4 is 60.5 Å². The molecule has 0 aromatic carbocycles. The SMILES string of the molecule is O=S(=O)(NCC(O)CO)c1c(Cl)sc(Cl)c1Br. The molecule has 0 bridgehead atoms. The predicted octanol–water partition coefficient (Wildman–Crippen LogP) is 1.45. The number of rotatable bonds is 5. The number of nitrogens with one attached hydrogen (secondary N) is 1. The van der Waals surface area contributed by atoms with E-state index in [1.807, 2.05) is 0 Å². The van der Waals surface area contributed by atoms with Crippen molar-refractivity contribution in [3.05, 3.63) is 13.1 Å². The summed E-state index contributed by atoms with van der Waals surface area (Å²) in [4.78, 5) is -0.167. The molecule has 0 radical (unpaired) electrons. The first-order valence-electron chi connectivity index (χ1n) is 4.21. The molecule has 0 aliphatic heterocycles. The molecule has 1 unspecified atom stereocenters. The van der Waals surface area contributed by atoms with Gasteiger partial charge in [0.15, 0.2) is 0 Å². The van der Waals surface area contributed by atoms with Crippen LogP contribution in [0.3, 0.4) is 0 Å². The number of aliphatic hydroxyl groups is 2. The van der Waals surface area contributed by atoms with Crippen LogP contribution in [0.4, 0.5) is 0 Å². The van der Waals surface area contributed by atoms with Crippen LogP contribution < -0.4 is 4.72 Å². The number of hydrogen-bond acceptors (Lipinski definition) is 5. The zero-order valence-electron chi connectivity index (χ0n) is 8.15. The third-order valence-corrected chi connectivity index (χ3v) is 6.61. The number of sulfonamides is 1. The van der Waals surface area contributed by atoms with Crippen LogP contribution in [-0.4, -0.2) is 37.9 Å². The molecule has 17 heavy (non-hydrogen) atoms. The standard InChI is InChI=1S/C7H8BrCl2NO4S2/c8-4-5(7(10)16-6(4)9)17(14,15)11-1-3(13)2-12/h3,11-13H,1-2H2. The van der Waals surface area contributed by atoms with Crippen LogP contribution >= 0.6 is 50.5 Å². The molecule has 1 aromatic heterocycles. The summed E-state index contributed by atoms with van der Waals surface area (Å²) >= 11 is 15.4. The van der Waals surface area contributed by atoms with E-state index in [1.165, 1.54) is 0 Å². The molecule has 1 aromatic rings. The Morgan fingerprint density at radius 1 is 1.41 bits per heavy atom. The van der Waals surface area contributed by atoms with Crippen LogP contribution in [-0.2, 0) is 10.0 Å². The number of thiophene rings is 1. The van der Waals surface area contributed by atoms with Crippen LogP contribution in [0, 0.1) is 0 Å². The summed E-state index contributed by atoms with van der Waals surface area (Å²) in [7, 11) is -3.88. The van der Waals surface area contributed by atoms with Crippen LogP contribution in [0.25, 0.3) is 0 Å². The first kappa shape index (κ1) is 15.6. The van der Waals surface area contributed by atoms with E-state index < -0.39 is 22.7 Å². The fourth-order valence-corrected chi connectivity index (χ4v) is 5.54. The third kappa shape index (κ3) is 3.77. The zero-order valence-corrected chi connectivity index (χ0v) is 12.9. The first-order valence-corrected chi connectivity index (χ1v) is 8.06. The summed E-state index contributed by atoms with van der Waals surface area (Å²) in [6, 6.07) is 0. The minimum atomic E-state index is -3.88. The number of halogens is 3.